The molecule has 0 aliphatic carbocycles. The van der Waals surface area contributed by atoms with Gasteiger partial charge in [-0.1, -0.05) is 0 Å². The van der Waals surface area contributed by atoms with E-state index in [4.69, 9.17) is 90.0 Å². The average Bonchev–Trinajstić information content (AvgIpc) is 0.785. The fraction of sp³-hybridized carbons (Fsp3) is 1.00. The maximum Gasteiger partial charge on any atom is 0.187 e. The first-order valence-electron chi connectivity index (χ1n) is 35.2. The highest BCUT2D eigenvalue weighted by molar-refractivity contribution is 5.02. The Labute approximate surface area is 625 Å². The summed E-state index contributed by atoms with van der Waals surface area (Å²) in [7, 11) is 0. The molecule has 10 aliphatic rings. The molecule has 10 rings (SSSR count). The summed E-state index contributed by atoms with van der Waals surface area (Å²) in [6.07, 6.45) is -99.1. The normalized spacial score (nSPS) is 53.7. The largest absolute Gasteiger partial charge is 0.394 e. The van der Waals surface area contributed by atoms with Crippen LogP contribution in [0.3, 0.4) is 0 Å². The van der Waals surface area contributed by atoms with E-state index in [1.165, 1.54) is 0 Å². The highest BCUT2D eigenvalue weighted by Crippen LogP contribution is 2.39. The fourth-order valence-electron chi connectivity index (χ4n) is 14.2. The first-order valence-corrected chi connectivity index (χ1v) is 35.2. The lowest BCUT2D eigenvalue weighted by Crippen LogP contribution is -2.67. The summed E-state index contributed by atoms with van der Waals surface area (Å²) in [6, 6.07) is 0. The Morgan fingerprint density at radius 2 is 0.315 bits per heavy atom. The minimum Gasteiger partial charge on any atom is -0.394 e. The van der Waals surface area contributed by atoms with Crippen LogP contribution in [0.2, 0.25) is 0 Å². The summed E-state index contributed by atoms with van der Waals surface area (Å²) < 4.78 is 106. The molecule has 50 atom stereocenters. The van der Waals surface area contributed by atoms with E-state index < -0.39 is 373 Å². The van der Waals surface area contributed by atoms with E-state index in [0.717, 1.165) is 0 Å². The molecule has 111 heavy (non-hydrogen) atoms. The van der Waals surface area contributed by atoms with Gasteiger partial charge in [0.2, 0.25) is 0 Å². The van der Waals surface area contributed by atoms with Crippen LogP contribution in [-0.2, 0) is 90.0 Å². The van der Waals surface area contributed by atoms with Crippen molar-refractivity contribution < 1.29 is 253 Å². The fourth-order valence-corrected chi connectivity index (χ4v) is 14.2. The van der Waals surface area contributed by atoms with Crippen LogP contribution in [0.5, 0.6) is 0 Å². The second kappa shape index (κ2) is 39.4. The van der Waals surface area contributed by atoms with E-state index in [9.17, 15) is 163 Å². The smallest absolute Gasteiger partial charge is 0.187 e. The molecule has 10 fully saturated rings. The van der Waals surface area contributed by atoms with Crippen molar-refractivity contribution in [1.29, 1.82) is 0 Å². The second-order valence-electron chi connectivity index (χ2n) is 28.1. The first kappa shape index (κ1) is 91.3. The van der Waals surface area contributed by atoms with Gasteiger partial charge in [0.1, 0.15) is 244 Å². The molecule has 0 saturated carbocycles. The summed E-state index contributed by atoms with van der Waals surface area (Å²) >= 11 is 0. The number of hydrogen-bond donors (Lipinski definition) is 32. The standard InChI is InChI=1S/C60H102O51/c61-1-11-21(68)25(72)36(83)55(97-11)107-46-13(3-63)98-52(40(87)30(46)77)94-9-19-23(70)27(74)38(85)57(104-19)108-49-16(6-66)102-60(44(91)33(49)80)111-48-15(5-65)100-54(42(89)32(48)79)95-10-20-24(71)28(75)39(86)58(105-20)109-50-17(7-67)101-59(43(90)34(50)81)110-47-14(4-64)99-53(41(88)31(47)78)93-8-18-22(69)26(73)37(84)56(103-18)106-45-12(2-62)96-51(92)35(82)29(45)76/h11-92H,1-10H2/t11-,12-,13-,14-,15-,16-,17-,18-,19-,20-,21-,22-,23-,24-,25+,26+,27+,28+,29-,30-,31+,32-,33-,34-,35-,36-,37-,38-,39-,40-,41-,42-,43-,44-,45-,46-,47-,48-,49-,50-,51+,52+,53+,54+,55+,56-,57+,58-,59-,60+/m1/s1. The van der Waals surface area contributed by atoms with Crippen LogP contribution in [-0.4, -0.2) is 537 Å². The molecule has 51 nitrogen and oxygen atoms in total. The molecule has 32 N–H and O–H groups in total. The van der Waals surface area contributed by atoms with Crippen molar-refractivity contribution in [3.05, 3.63) is 0 Å². The van der Waals surface area contributed by atoms with Crippen molar-refractivity contribution in [1.82, 2.24) is 0 Å². The van der Waals surface area contributed by atoms with E-state index in [2.05, 4.69) is 0 Å². The Morgan fingerprint density at radius 3 is 0.541 bits per heavy atom. The number of hydrogen-bond acceptors (Lipinski definition) is 51. The van der Waals surface area contributed by atoms with Crippen LogP contribution in [0.4, 0.5) is 0 Å². The zero-order valence-corrected chi connectivity index (χ0v) is 58.0. The maximum absolute atomic E-state index is 11.4. The van der Waals surface area contributed by atoms with Crippen molar-refractivity contribution in [2.75, 3.05) is 66.1 Å². The van der Waals surface area contributed by atoms with Gasteiger partial charge in [0.05, 0.1) is 66.1 Å². The molecule has 0 bridgehead atoms. The molecule has 0 aromatic heterocycles. The Morgan fingerprint density at radius 1 is 0.153 bits per heavy atom. The van der Waals surface area contributed by atoms with E-state index in [1.807, 2.05) is 0 Å². The van der Waals surface area contributed by atoms with E-state index in [-0.39, 0.29) is 0 Å². The highest BCUT2D eigenvalue weighted by atomic mass is 16.8. The summed E-state index contributed by atoms with van der Waals surface area (Å²) in [5, 5.41) is 343. The van der Waals surface area contributed by atoms with Crippen molar-refractivity contribution in [3.8, 4) is 0 Å². The molecule has 0 spiro atoms. The van der Waals surface area contributed by atoms with Crippen LogP contribution >= 0.6 is 0 Å². The average molecular weight is 1640 g/mol. The van der Waals surface area contributed by atoms with Gasteiger partial charge in [0.15, 0.2) is 62.9 Å². The van der Waals surface area contributed by atoms with Gasteiger partial charge in [0, 0.05) is 0 Å². The minimum atomic E-state index is -2.29. The van der Waals surface area contributed by atoms with Gasteiger partial charge in [-0.2, -0.15) is 0 Å². The zero-order chi connectivity index (χ0) is 81.4. The SMILES string of the molecule is OC[C@H]1O[C@@H](O[C@H]2[C@H](O)[C@@H](O)[C@@H](OC[C@H]3O[C@@H](O[C@H]4[C@H](O)[C@@H](O)[C@H](O[C@H]5[C@H](O)[C@@H](O)[C@@H](OC[C@H]6O[C@H](O[C@H]7[C@H](O)[C@@H](O)[C@@H](O[C@H]8[C@@H](O)[C@@H](O)[C@@H](OC[C@H]9O[C@H](O[C@H]%10[C@H](O)[C@@H](O)[C@@H](O)O[C@@H]%10CO)[C@H](O)[C@@H](O)[C@@H]9O)O[C@@H]8CO)O[C@@H]7CO)[C@H](O)[C@@H](O)[C@@H]6O)O[C@@H]5CO)O[C@@H]4CO)[C@H](O)[C@@H](O)[C@@H]3O)O[C@@H]2CO)[C@H](O)[C@@H](O)[C@@H]1O. The first-order chi connectivity index (χ1) is 52.6. The molecule has 0 radical (unpaired) electrons. The van der Waals surface area contributed by atoms with Gasteiger partial charge in [-0.05, 0) is 0 Å². The molecule has 0 aromatic carbocycles. The Bertz CT molecular complexity index is 2780. The lowest BCUT2D eigenvalue weighted by molar-refractivity contribution is -0.388. The summed E-state index contributed by atoms with van der Waals surface area (Å²) in [6.45, 7) is -9.86. The van der Waals surface area contributed by atoms with Crippen LogP contribution in [0.15, 0.2) is 0 Å². The minimum absolute atomic E-state index is 0.856. The van der Waals surface area contributed by atoms with E-state index in [1.54, 1.807) is 0 Å². The molecule has 0 amide bonds. The van der Waals surface area contributed by atoms with Gasteiger partial charge in [-0.25, -0.2) is 0 Å². The van der Waals surface area contributed by atoms with Crippen LogP contribution in [0.1, 0.15) is 0 Å². The predicted octanol–water partition coefficient (Wildman–Crippen LogP) is -22.8. The van der Waals surface area contributed by atoms with Crippen molar-refractivity contribution >= 4 is 0 Å². The summed E-state index contributed by atoms with van der Waals surface area (Å²) in [4.78, 5) is 0. The number of rotatable bonds is 28. The lowest BCUT2D eigenvalue weighted by atomic mass is 9.95. The third-order valence-corrected chi connectivity index (χ3v) is 20.8. The Hall–Kier alpha value is -2.04. The molecule has 51 heteroatoms. The molecule has 0 aromatic rings. The molecular weight excluding hydrogens is 1540 g/mol. The highest BCUT2D eigenvalue weighted by Gasteiger charge is 2.60. The third kappa shape index (κ3) is 19.2. The van der Waals surface area contributed by atoms with Gasteiger partial charge >= 0.3 is 0 Å². The molecule has 10 heterocycles. The van der Waals surface area contributed by atoms with Gasteiger partial charge in [0.25, 0.3) is 0 Å². The quantitative estimate of drug-likeness (QED) is 0.0346. The van der Waals surface area contributed by atoms with Crippen molar-refractivity contribution in [2.45, 2.75) is 307 Å². The number of ether oxygens (including phenoxy) is 19. The maximum atomic E-state index is 11.4. The second-order valence-corrected chi connectivity index (χ2v) is 28.1. The third-order valence-electron chi connectivity index (χ3n) is 20.8. The van der Waals surface area contributed by atoms with Gasteiger partial charge < -0.3 is 253 Å². The van der Waals surface area contributed by atoms with Crippen LogP contribution < -0.4 is 0 Å². The molecule has 648 valence electrons. The van der Waals surface area contributed by atoms with Gasteiger partial charge in [-0.15, -0.1) is 0 Å². The zero-order valence-electron chi connectivity index (χ0n) is 58.0. The van der Waals surface area contributed by atoms with Crippen molar-refractivity contribution in [2.24, 2.45) is 0 Å². The molecular formula is C60H102O51. The van der Waals surface area contributed by atoms with Gasteiger partial charge in [-0.3, -0.25) is 0 Å². The molecule has 10 saturated heterocycles. The number of aliphatic hydroxyl groups is 32. The molecule has 10 aliphatic heterocycles. The topological polar surface area (TPSA) is 823 Å². The molecule has 0 unspecified atom stereocenters. The van der Waals surface area contributed by atoms with Crippen molar-refractivity contribution in [3.63, 3.8) is 0 Å². The Balaban J connectivity index is 0.696. The monoisotopic (exact) mass is 1640 g/mol. The van der Waals surface area contributed by atoms with E-state index >= 15 is 0 Å². The lowest BCUT2D eigenvalue weighted by Gasteiger charge is -2.49. The summed E-state index contributed by atoms with van der Waals surface area (Å²) in [5.74, 6) is 0. The van der Waals surface area contributed by atoms with E-state index in [0.29, 0.717) is 0 Å². The Kier molecular flexibility index (Phi) is 32.4. The van der Waals surface area contributed by atoms with Crippen LogP contribution in [0.25, 0.3) is 0 Å². The predicted molar refractivity (Wildman–Crippen MR) is 330 cm³/mol. The number of aliphatic hydroxyl groups excluding tert-OH is 32. The van der Waals surface area contributed by atoms with Crippen LogP contribution in [0, 0.1) is 0 Å². The summed E-state index contributed by atoms with van der Waals surface area (Å²) in [5.41, 5.74) is 0.